The molecule has 2 N–H and O–H groups in total. The molecule has 1 atom stereocenters. The molecule has 27 heavy (non-hydrogen) atoms. The van der Waals surface area contributed by atoms with Crippen LogP contribution in [0, 0.1) is 17.2 Å². The number of piperidine rings is 1. The molecule has 0 bridgehead atoms. The second-order valence-corrected chi connectivity index (χ2v) is 8.57. The number of primary amides is 1. The molecular weight excluding hydrogens is 345 g/mol. The SMILES string of the molecule is CC(C)CN1C(=O)C2(CCN(CC(N)=O)CC2)CC1Cc1cccc(F)c1. The maximum atomic E-state index is 13.6. The van der Waals surface area contributed by atoms with Gasteiger partial charge in [-0.2, -0.15) is 0 Å². The van der Waals surface area contributed by atoms with Crippen molar-refractivity contribution in [2.24, 2.45) is 17.1 Å². The van der Waals surface area contributed by atoms with E-state index in [4.69, 9.17) is 5.73 Å². The fourth-order valence-electron chi connectivity index (χ4n) is 4.64. The summed E-state index contributed by atoms with van der Waals surface area (Å²) in [6.45, 7) is 6.66. The van der Waals surface area contributed by atoms with Gasteiger partial charge >= 0.3 is 0 Å². The second-order valence-electron chi connectivity index (χ2n) is 8.57. The highest BCUT2D eigenvalue weighted by atomic mass is 19.1. The van der Waals surface area contributed by atoms with Crippen LogP contribution in [0.1, 0.15) is 38.7 Å². The van der Waals surface area contributed by atoms with Gasteiger partial charge in [0, 0.05) is 12.6 Å². The molecule has 1 unspecified atom stereocenters. The summed E-state index contributed by atoms with van der Waals surface area (Å²) in [5.41, 5.74) is 5.89. The number of halogens is 1. The highest BCUT2D eigenvalue weighted by molar-refractivity contribution is 5.85. The maximum Gasteiger partial charge on any atom is 0.231 e. The third kappa shape index (κ3) is 4.49. The van der Waals surface area contributed by atoms with E-state index in [1.165, 1.54) is 6.07 Å². The number of nitrogens with zero attached hydrogens (tertiary/aromatic N) is 2. The summed E-state index contributed by atoms with van der Waals surface area (Å²) >= 11 is 0. The summed E-state index contributed by atoms with van der Waals surface area (Å²) in [5.74, 6) is 0.0567. The molecule has 5 nitrogen and oxygen atoms in total. The average Bonchev–Trinajstić information content (AvgIpc) is 2.82. The van der Waals surface area contributed by atoms with Crippen molar-refractivity contribution in [1.82, 2.24) is 9.80 Å². The van der Waals surface area contributed by atoms with Crippen LogP contribution in [0.5, 0.6) is 0 Å². The monoisotopic (exact) mass is 375 g/mol. The Balaban J connectivity index is 1.75. The number of hydrogen-bond acceptors (Lipinski definition) is 3. The molecule has 2 fully saturated rings. The van der Waals surface area contributed by atoms with Gasteiger partial charge in [0.1, 0.15) is 5.82 Å². The molecule has 2 saturated heterocycles. The molecule has 2 aliphatic heterocycles. The van der Waals surface area contributed by atoms with Crippen LogP contribution in [0.4, 0.5) is 4.39 Å². The molecule has 0 aromatic heterocycles. The lowest BCUT2D eigenvalue weighted by Crippen LogP contribution is -2.47. The Labute approximate surface area is 160 Å². The summed E-state index contributed by atoms with van der Waals surface area (Å²) in [6.07, 6.45) is 3.00. The minimum Gasteiger partial charge on any atom is -0.369 e. The quantitative estimate of drug-likeness (QED) is 0.829. The number of benzene rings is 1. The third-order valence-electron chi connectivity index (χ3n) is 5.90. The van der Waals surface area contributed by atoms with E-state index in [-0.39, 0.29) is 35.6 Å². The van der Waals surface area contributed by atoms with Gasteiger partial charge in [-0.3, -0.25) is 14.5 Å². The van der Waals surface area contributed by atoms with Crippen LogP contribution in [-0.4, -0.2) is 53.8 Å². The molecule has 6 heteroatoms. The van der Waals surface area contributed by atoms with E-state index in [0.29, 0.717) is 12.3 Å². The van der Waals surface area contributed by atoms with Crippen molar-refractivity contribution in [1.29, 1.82) is 0 Å². The first-order chi connectivity index (χ1) is 12.8. The molecule has 148 valence electrons. The Morgan fingerprint density at radius 3 is 2.63 bits per heavy atom. The predicted molar refractivity (Wildman–Crippen MR) is 102 cm³/mol. The Morgan fingerprint density at radius 1 is 1.33 bits per heavy atom. The molecule has 1 spiro atoms. The number of rotatable bonds is 6. The molecule has 0 radical (unpaired) electrons. The van der Waals surface area contributed by atoms with Crippen LogP contribution < -0.4 is 5.73 Å². The van der Waals surface area contributed by atoms with Crippen molar-refractivity contribution in [2.45, 2.75) is 45.6 Å². The van der Waals surface area contributed by atoms with Crippen molar-refractivity contribution < 1.29 is 14.0 Å². The third-order valence-corrected chi connectivity index (χ3v) is 5.90. The second kappa shape index (κ2) is 7.97. The summed E-state index contributed by atoms with van der Waals surface area (Å²) in [6, 6.07) is 6.78. The van der Waals surface area contributed by atoms with Crippen LogP contribution in [-0.2, 0) is 16.0 Å². The Hall–Kier alpha value is -1.95. The van der Waals surface area contributed by atoms with E-state index in [1.807, 2.05) is 15.9 Å². The molecule has 2 aliphatic rings. The summed E-state index contributed by atoms with van der Waals surface area (Å²) in [5, 5.41) is 0. The fraction of sp³-hybridized carbons (Fsp3) is 0.619. The lowest BCUT2D eigenvalue weighted by atomic mass is 9.75. The number of carbonyl (C=O) groups excluding carboxylic acids is 2. The van der Waals surface area contributed by atoms with E-state index in [1.54, 1.807) is 12.1 Å². The minimum absolute atomic E-state index is 0.101. The number of nitrogens with two attached hydrogens (primary N) is 1. The highest BCUT2D eigenvalue weighted by Crippen LogP contribution is 2.45. The minimum atomic E-state index is -0.346. The van der Waals surface area contributed by atoms with Gasteiger partial charge in [-0.05, 0) is 62.4 Å². The molecule has 0 saturated carbocycles. The molecule has 2 amide bonds. The lowest BCUT2D eigenvalue weighted by Gasteiger charge is -2.37. The van der Waals surface area contributed by atoms with Gasteiger partial charge in [0.05, 0.1) is 12.0 Å². The van der Waals surface area contributed by atoms with Crippen LogP contribution >= 0.6 is 0 Å². The van der Waals surface area contributed by atoms with Gasteiger partial charge in [-0.1, -0.05) is 26.0 Å². The lowest BCUT2D eigenvalue weighted by molar-refractivity contribution is -0.139. The Bertz CT molecular complexity index is 698. The number of likely N-dealkylation sites (tertiary alicyclic amines) is 2. The number of hydrogen-bond donors (Lipinski definition) is 1. The molecule has 3 rings (SSSR count). The summed E-state index contributed by atoms with van der Waals surface area (Å²) in [7, 11) is 0. The topological polar surface area (TPSA) is 66.6 Å². The molecule has 1 aromatic rings. The van der Waals surface area contributed by atoms with Gasteiger partial charge in [0.25, 0.3) is 0 Å². The zero-order valence-electron chi connectivity index (χ0n) is 16.3. The Kier molecular flexibility index (Phi) is 5.84. The average molecular weight is 375 g/mol. The largest absolute Gasteiger partial charge is 0.369 e. The van der Waals surface area contributed by atoms with Crippen molar-refractivity contribution in [2.75, 3.05) is 26.2 Å². The number of amides is 2. The molecule has 0 aliphatic carbocycles. The molecule has 2 heterocycles. The zero-order valence-corrected chi connectivity index (χ0v) is 16.3. The molecule has 1 aromatic carbocycles. The first-order valence-corrected chi connectivity index (χ1v) is 9.85. The zero-order chi connectivity index (χ0) is 19.6. The summed E-state index contributed by atoms with van der Waals surface area (Å²) < 4.78 is 13.6. The van der Waals surface area contributed by atoms with Gasteiger partial charge in [0.15, 0.2) is 0 Å². The van der Waals surface area contributed by atoms with E-state index in [9.17, 15) is 14.0 Å². The highest BCUT2D eigenvalue weighted by Gasteiger charge is 2.52. The van der Waals surface area contributed by atoms with E-state index in [2.05, 4.69) is 13.8 Å². The standard InChI is InChI=1S/C21H30FN3O2/c1-15(2)13-25-18(11-16-4-3-5-17(22)10-16)12-21(20(25)27)6-8-24(9-7-21)14-19(23)26/h3-5,10,15,18H,6-9,11-14H2,1-2H3,(H2,23,26). The normalized spacial score (nSPS) is 22.7. The summed E-state index contributed by atoms with van der Waals surface area (Å²) in [4.78, 5) is 28.6. The van der Waals surface area contributed by atoms with Crippen LogP contribution in [0.25, 0.3) is 0 Å². The van der Waals surface area contributed by atoms with Crippen molar-refractivity contribution in [3.8, 4) is 0 Å². The van der Waals surface area contributed by atoms with Gasteiger partial charge in [-0.15, -0.1) is 0 Å². The van der Waals surface area contributed by atoms with Gasteiger partial charge in [-0.25, -0.2) is 4.39 Å². The fourth-order valence-corrected chi connectivity index (χ4v) is 4.64. The predicted octanol–water partition coefficient (Wildman–Crippen LogP) is 2.19. The van der Waals surface area contributed by atoms with Crippen LogP contribution in [0.2, 0.25) is 0 Å². The van der Waals surface area contributed by atoms with Crippen molar-refractivity contribution in [3.05, 3.63) is 35.6 Å². The smallest absolute Gasteiger partial charge is 0.231 e. The van der Waals surface area contributed by atoms with E-state index < -0.39 is 0 Å². The molecular formula is C21H30FN3O2. The first kappa shape index (κ1) is 19.8. The maximum absolute atomic E-state index is 13.6. The first-order valence-electron chi connectivity index (χ1n) is 9.85. The van der Waals surface area contributed by atoms with E-state index in [0.717, 1.165) is 44.5 Å². The van der Waals surface area contributed by atoms with E-state index >= 15 is 0 Å². The van der Waals surface area contributed by atoms with Crippen molar-refractivity contribution >= 4 is 11.8 Å². The van der Waals surface area contributed by atoms with Crippen LogP contribution in [0.15, 0.2) is 24.3 Å². The van der Waals surface area contributed by atoms with Gasteiger partial charge < -0.3 is 10.6 Å². The Morgan fingerprint density at radius 2 is 2.04 bits per heavy atom. The number of carbonyl (C=O) groups is 2. The van der Waals surface area contributed by atoms with Crippen molar-refractivity contribution in [3.63, 3.8) is 0 Å². The van der Waals surface area contributed by atoms with Gasteiger partial charge in [0.2, 0.25) is 11.8 Å². The van der Waals surface area contributed by atoms with Crippen LogP contribution in [0.3, 0.4) is 0 Å².